The summed E-state index contributed by atoms with van der Waals surface area (Å²) in [6.07, 6.45) is 1.75. The first-order valence-electron chi connectivity index (χ1n) is 14.2. The molecule has 0 radical (unpaired) electrons. The molecule has 0 amide bonds. The highest BCUT2D eigenvalue weighted by Gasteiger charge is 2.20. The largest absolute Gasteiger partial charge is 0.456 e. The first-order chi connectivity index (χ1) is 21.3. The predicted molar refractivity (Wildman–Crippen MR) is 174 cm³/mol. The second kappa shape index (κ2) is 9.29. The number of nitrogens with zero attached hydrogens (tertiary/aromatic N) is 4. The van der Waals surface area contributed by atoms with Gasteiger partial charge in [-0.25, -0.2) is 15.0 Å². The fourth-order valence-electron chi connectivity index (χ4n) is 6.14. The third-order valence-electron chi connectivity index (χ3n) is 8.15. The van der Waals surface area contributed by atoms with Crippen LogP contribution < -0.4 is 0 Å². The molecular weight excluding hydrogens is 528 g/mol. The molecule has 0 saturated carbocycles. The number of fused-ring (bicyclic) bond motifs is 7. The molecule has 0 bridgehead atoms. The van der Waals surface area contributed by atoms with Gasteiger partial charge in [-0.1, -0.05) is 103 Å². The zero-order valence-electron chi connectivity index (χ0n) is 22.9. The molecular formula is C38H22N4O. The topological polar surface area (TPSA) is 64.7 Å². The van der Waals surface area contributed by atoms with Crippen LogP contribution >= 0.6 is 0 Å². The molecule has 0 fully saturated rings. The highest BCUT2D eigenvalue weighted by molar-refractivity contribution is 6.14. The molecule has 0 unspecified atom stereocenters. The van der Waals surface area contributed by atoms with Crippen molar-refractivity contribution in [3.05, 3.63) is 134 Å². The van der Waals surface area contributed by atoms with E-state index in [1.807, 2.05) is 36.4 Å². The average Bonchev–Trinajstić information content (AvgIpc) is 3.46. The van der Waals surface area contributed by atoms with Gasteiger partial charge < -0.3 is 4.42 Å². The van der Waals surface area contributed by atoms with Crippen LogP contribution in [0, 0.1) is 0 Å². The molecule has 0 spiro atoms. The van der Waals surface area contributed by atoms with Gasteiger partial charge in [-0.3, -0.25) is 4.98 Å². The van der Waals surface area contributed by atoms with Gasteiger partial charge in [0.1, 0.15) is 16.9 Å². The van der Waals surface area contributed by atoms with Crippen molar-refractivity contribution in [1.82, 2.24) is 19.9 Å². The summed E-state index contributed by atoms with van der Waals surface area (Å²) in [6, 6.07) is 43.6. The van der Waals surface area contributed by atoms with E-state index in [1.165, 1.54) is 5.39 Å². The van der Waals surface area contributed by atoms with Gasteiger partial charge in [-0.15, -0.1) is 0 Å². The van der Waals surface area contributed by atoms with Crippen LogP contribution in [0.1, 0.15) is 0 Å². The highest BCUT2D eigenvalue weighted by Crippen LogP contribution is 2.37. The van der Waals surface area contributed by atoms with Gasteiger partial charge in [0, 0.05) is 22.7 Å². The molecule has 9 aromatic rings. The smallest absolute Gasteiger partial charge is 0.183 e. The Morgan fingerprint density at radius 1 is 0.442 bits per heavy atom. The van der Waals surface area contributed by atoms with Gasteiger partial charge in [0.15, 0.2) is 17.5 Å². The second-order valence-corrected chi connectivity index (χ2v) is 10.7. The van der Waals surface area contributed by atoms with Gasteiger partial charge >= 0.3 is 0 Å². The van der Waals surface area contributed by atoms with Crippen molar-refractivity contribution < 1.29 is 4.42 Å². The minimum absolute atomic E-state index is 0.502. The standard InChI is InChI=1S/C38H22N4O/c1-2-10-24-21-26(18-17-23(24)9-1)36-40-37(31-22-25-11-3-4-12-27(25)28-13-5-6-14-29(28)31)42-38(41-36)35-34-30-15-7-8-16-32(30)43-33(34)19-20-39-35/h1-22H. The lowest BCUT2D eigenvalue weighted by atomic mass is 9.97. The number of rotatable bonds is 3. The summed E-state index contributed by atoms with van der Waals surface area (Å²) in [4.78, 5) is 20.1. The quantitative estimate of drug-likeness (QED) is 0.205. The number of furan rings is 1. The summed E-state index contributed by atoms with van der Waals surface area (Å²) in [6.45, 7) is 0. The van der Waals surface area contributed by atoms with Crippen molar-refractivity contribution in [3.8, 4) is 34.3 Å². The highest BCUT2D eigenvalue weighted by atomic mass is 16.3. The van der Waals surface area contributed by atoms with Crippen LogP contribution in [0.4, 0.5) is 0 Å². The Kier molecular flexibility index (Phi) is 5.13. The number of hydrogen-bond donors (Lipinski definition) is 0. The van der Waals surface area contributed by atoms with E-state index < -0.39 is 0 Å². The summed E-state index contributed by atoms with van der Waals surface area (Å²) in [5, 5.41) is 8.73. The zero-order chi connectivity index (χ0) is 28.3. The fraction of sp³-hybridized carbons (Fsp3) is 0. The fourth-order valence-corrected chi connectivity index (χ4v) is 6.14. The molecule has 0 saturated heterocycles. The van der Waals surface area contributed by atoms with Gasteiger partial charge in [0.2, 0.25) is 0 Å². The molecule has 9 rings (SSSR count). The lowest BCUT2D eigenvalue weighted by Gasteiger charge is -2.12. The van der Waals surface area contributed by atoms with E-state index in [4.69, 9.17) is 24.4 Å². The minimum atomic E-state index is 0.502. The summed E-state index contributed by atoms with van der Waals surface area (Å²) < 4.78 is 6.19. The number of hydrogen-bond acceptors (Lipinski definition) is 5. The van der Waals surface area contributed by atoms with E-state index in [1.54, 1.807) is 6.20 Å². The summed E-state index contributed by atoms with van der Waals surface area (Å²) in [5.41, 5.74) is 4.08. The normalized spacial score (nSPS) is 11.7. The van der Waals surface area contributed by atoms with Crippen molar-refractivity contribution in [2.24, 2.45) is 0 Å². The molecule has 6 aromatic carbocycles. The zero-order valence-corrected chi connectivity index (χ0v) is 22.9. The van der Waals surface area contributed by atoms with Crippen LogP contribution in [0.25, 0.3) is 88.5 Å². The summed E-state index contributed by atoms with van der Waals surface area (Å²) in [5.74, 6) is 1.69. The maximum Gasteiger partial charge on any atom is 0.183 e. The van der Waals surface area contributed by atoms with Crippen molar-refractivity contribution in [1.29, 1.82) is 0 Å². The van der Waals surface area contributed by atoms with Crippen molar-refractivity contribution >= 4 is 54.3 Å². The van der Waals surface area contributed by atoms with Gasteiger partial charge in [-0.05, 0) is 56.6 Å². The third kappa shape index (κ3) is 3.79. The molecule has 3 heterocycles. The lowest BCUT2D eigenvalue weighted by molar-refractivity contribution is 0.668. The van der Waals surface area contributed by atoms with Crippen LogP contribution in [0.15, 0.2) is 138 Å². The van der Waals surface area contributed by atoms with E-state index in [-0.39, 0.29) is 0 Å². The Balaban J connectivity index is 1.37. The summed E-state index contributed by atoms with van der Waals surface area (Å²) in [7, 11) is 0. The minimum Gasteiger partial charge on any atom is -0.456 e. The van der Waals surface area contributed by atoms with Crippen LogP contribution in [0.2, 0.25) is 0 Å². The Hall–Kier alpha value is -5.94. The van der Waals surface area contributed by atoms with Gasteiger partial charge in [0.05, 0.1) is 5.39 Å². The Morgan fingerprint density at radius 3 is 2.00 bits per heavy atom. The van der Waals surface area contributed by atoms with Gasteiger partial charge in [-0.2, -0.15) is 0 Å². The van der Waals surface area contributed by atoms with E-state index in [0.29, 0.717) is 23.2 Å². The van der Waals surface area contributed by atoms with Crippen LogP contribution in [-0.2, 0) is 0 Å². The molecule has 3 aromatic heterocycles. The number of aromatic nitrogens is 4. The number of benzene rings is 6. The maximum atomic E-state index is 6.19. The number of pyridine rings is 1. The van der Waals surface area contributed by atoms with Crippen molar-refractivity contribution in [2.75, 3.05) is 0 Å². The van der Waals surface area contributed by atoms with Crippen molar-refractivity contribution in [2.45, 2.75) is 0 Å². The van der Waals surface area contributed by atoms with E-state index in [9.17, 15) is 0 Å². The van der Waals surface area contributed by atoms with Crippen LogP contribution in [0.3, 0.4) is 0 Å². The molecule has 43 heavy (non-hydrogen) atoms. The molecule has 5 heteroatoms. The molecule has 0 N–H and O–H groups in total. The predicted octanol–water partition coefficient (Wildman–Crippen LogP) is 9.63. The van der Waals surface area contributed by atoms with E-state index in [2.05, 4.69) is 91.0 Å². The Morgan fingerprint density at radius 2 is 1.12 bits per heavy atom. The maximum absolute atomic E-state index is 6.19. The Labute approximate surface area is 246 Å². The van der Waals surface area contributed by atoms with E-state index >= 15 is 0 Å². The first-order valence-corrected chi connectivity index (χ1v) is 14.2. The SMILES string of the molecule is c1ccc2cc(-c3nc(-c4cc5ccccc5c5ccccc45)nc(-c4nccc5oc6ccccc6c45)n3)ccc2c1. The summed E-state index contributed by atoms with van der Waals surface area (Å²) >= 11 is 0. The van der Waals surface area contributed by atoms with Crippen LogP contribution in [0.5, 0.6) is 0 Å². The molecule has 0 aliphatic carbocycles. The van der Waals surface area contributed by atoms with Crippen LogP contribution in [-0.4, -0.2) is 19.9 Å². The molecule has 0 aliphatic rings. The second-order valence-electron chi connectivity index (χ2n) is 10.7. The first kappa shape index (κ1) is 23.7. The molecule has 0 atom stereocenters. The molecule has 5 nitrogen and oxygen atoms in total. The number of para-hydroxylation sites is 1. The Bertz CT molecular complexity index is 2530. The van der Waals surface area contributed by atoms with Crippen molar-refractivity contribution in [3.63, 3.8) is 0 Å². The molecule has 0 aliphatic heterocycles. The monoisotopic (exact) mass is 550 g/mol. The average molecular weight is 551 g/mol. The van der Waals surface area contributed by atoms with Gasteiger partial charge in [0.25, 0.3) is 0 Å². The lowest BCUT2D eigenvalue weighted by Crippen LogP contribution is -2.02. The third-order valence-corrected chi connectivity index (χ3v) is 8.15. The molecule has 200 valence electrons. The van der Waals surface area contributed by atoms with E-state index in [0.717, 1.165) is 60.0 Å².